The summed E-state index contributed by atoms with van der Waals surface area (Å²) in [5.74, 6) is 0.500. The molecule has 3 rings (SSSR count). The molecule has 23 heavy (non-hydrogen) atoms. The molecule has 2 aromatic heterocycles. The van der Waals surface area contributed by atoms with Crippen molar-refractivity contribution < 1.29 is 4.79 Å². The van der Waals surface area contributed by atoms with Crippen LogP contribution in [0, 0.1) is 6.92 Å². The maximum atomic E-state index is 12.4. The summed E-state index contributed by atoms with van der Waals surface area (Å²) in [6.07, 6.45) is 7.88. The van der Waals surface area contributed by atoms with Gasteiger partial charge in [0.1, 0.15) is 0 Å². The molecule has 0 saturated carbocycles. The maximum absolute atomic E-state index is 12.4. The zero-order valence-electron chi connectivity index (χ0n) is 14.0. The Morgan fingerprint density at radius 3 is 2.65 bits per heavy atom. The average Bonchev–Trinajstić information content (AvgIpc) is 3.14. The first-order valence-electron chi connectivity index (χ1n) is 8.15. The van der Waals surface area contributed by atoms with E-state index < -0.39 is 0 Å². The van der Waals surface area contributed by atoms with Gasteiger partial charge in [-0.05, 0) is 38.2 Å². The van der Waals surface area contributed by atoms with Crippen LogP contribution in [0.3, 0.4) is 0 Å². The number of anilines is 1. The van der Waals surface area contributed by atoms with Gasteiger partial charge in [0.2, 0.25) is 0 Å². The number of aromatic nitrogens is 4. The molecule has 1 saturated heterocycles. The van der Waals surface area contributed by atoms with E-state index >= 15 is 0 Å². The van der Waals surface area contributed by atoms with Gasteiger partial charge in [0, 0.05) is 39.1 Å². The van der Waals surface area contributed by atoms with Gasteiger partial charge in [0.25, 0.3) is 0 Å². The van der Waals surface area contributed by atoms with Crippen LogP contribution in [0.15, 0.2) is 18.6 Å². The molecular formula is C16H24N6O. The Morgan fingerprint density at radius 2 is 2.09 bits per heavy atom. The number of hydrogen-bond donors (Lipinski definition) is 1. The molecule has 7 heteroatoms. The van der Waals surface area contributed by atoms with E-state index in [9.17, 15) is 4.79 Å². The number of carbonyl (C=O) groups excluding carboxylic acids is 1. The largest absolute Gasteiger partial charge is 0.324 e. The number of nitrogens with one attached hydrogen (secondary N) is 1. The summed E-state index contributed by atoms with van der Waals surface area (Å²) in [6.45, 7) is 6.42. The van der Waals surface area contributed by atoms with Gasteiger partial charge in [-0.1, -0.05) is 0 Å². The minimum absolute atomic E-state index is 0.0381. The summed E-state index contributed by atoms with van der Waals surface area (Å²) >= 11 is 0. The zero-order chi connectivity index (χ0) is 16.4. The molecule has 1 N–H and O–H groups in total. The van der Waals surface area contributed by atoms with Crippen LogP contribution in [0.25, 0.3) is 0 Å². The second-order valence-electron chi connectivity index (χ2n) is 6.12. The Labute approximate surface area is 136 Å². The lowest BCUT2D eigenvalue weighted by atomic mass is 9.92. The summed E-state index contributed by atoms with van der Waals surface area (Å²) < 4.78 is 3.67. The Balaban J connectivity index is 1.56. The normalized spacial score (nSPS) is 15.9. The maximum Gasteiger partial charge on any atom is 0.321 e. The van der Waals surface area contributed by atoms with Crippen LogP contribution in [0.2, 0.25) is 0 Å². The highest BCUT2D eigenvalue weighted by molar-refractivity contribution is 5.89. The van der Waals surface area contributed by atoms with E-state index in [1.807, 2.05) is 35.9 Å². The molecule has 1 aliphatic rings. The molecule has 124 valence electrons. The topological polar surface area (TPSA) is 68.0 Å². The van der Waals surface area contributed by atoms with E-state index in [-0.39, 0.29) is 6.03 Å². The van der Waals surface area contributed by atoms with E-state index in [1.54, 1.807) is 4.68 Å². The predicted octanol–water partition coefficient (Wildman–Crippen LogP) is 2.36. The molecule has 0 unspecified atom stereocenters. The monoisotopic (exact) mass is 316 g/mol. The van der Waals surface area contributed by atoms with Gasteiger partial charge in [0.15, 0.2) is 0 Å². The number of amides is 2. The minimum Gasteiger partial charge on any atom is -0.324 e. The number of carbonyl (C=O) groups is 1. The van der Waals surface area contributed by atoms with Gasteiger partial charge in [-0.3, -0.25) is 9.36 Å². The molecule has 2 aromatic rings. The molecular weight excluding hydrogens is 292 g/mol. The molecule has 0 atom stereocenters. The predicted molar refractivity (Wildman–Crippen MR) is 88.4 cm³/mol. The first-order chi connectivity index (χ1) is 11.1. The number of piperidine rings is 1. The summed E-state index contributed by atoms with van der Waals surface area (Å²) in [7, 11) is 1.85. The summed E-state index contributed by atoms with van der Waals surface area (Å²) in [4.78, 5) is 14.3. The highest BCUT2D eigenvalue weighted by Gasteiger charge is 2.25. The van der Waals surface area contributed by atoms with E-state index in [2.05, 4.69) is 28.6 Å². The highest BCUT2D eigenvalue weighted by Crippen LogP contribution is 2.28. The van der Waals surface area contributed by atoms with Crippen molar-refractivity contribution >= 4 is 11.7 Å². The quantitative estimate of drug-likeness (QED) is 0.945. The number of nitrogens with zero attached hydrogens (tertiary/aromatic N) is 5. The summed E-state index contributed by atoms with van der Waals surface area (Å²) in [5, 5.41) is 11.5. The lowest BCUT2D eigenvalue weighted by Gasteiger charge is -2.31. The van der Waals surface area contributed by atoms with Crippen LogP contribution in [0.1, 0.15) is 36.9 Å². The third-order valence-electron chi connectivity index (χ3n) is 4.49. The molecule has 2 amide bonds. The van der Waals surface area contributed by atoms with Gasteiger partial charge >= 0.3 is 6.03 Å². The van der Waals surface area contributed by atoms with Crippen molar-refractivity contribution in [1.82, 2.24) is 24.5 Å². The van der Waals surface area contributed by atoms with Crippen LogP contribution in [-0.4, -0.2) is 43.6 Å². The van der Waals surface area contributed by atoms with Gasteiger partial charge < -0.3 is 10.2 Å². The van der Waals surface area contributed by atoms with Crippen molar-refractivity contribution in [2.24, 2.45) is 7.05 Å². The molecule has 0 aromatic carbocycles. The van der Waals surface area contributed by atoms with Crippen LogP contribution in [-0.2, 0) is 13.6 Å². The van der Waals surface area contributed by atoms with Crippen LogP contribution in [0.5, 0.6) is 0 Å². The van der Waals surface area contributed by atoms with Gasteiger partial charge in [0.05, 0.1) is 17.6 Å². The molecule has 1 fully saturated rings. The van der Waals surface area contributed by atoms with E-state index in [0.29, 0.717) is 5.92 Å². The number of rotatable bonds is 3. The Kier molecular flexibility index (Phi) is 4.36. The van der Waals surface area contributed by atoms with Crippen LogP contribution >= 0.6 is 0 Å². The Morgan fingerprint density at radius 1 is 1.35 bits per heavy atom. The average molecular weight is 316 g/mol. The fourth-order valence-corrected chi connectivity index (χ4v) is 3.10. The first-order valence-corrected chi connectivity index (χ1v) is 8.15. The third-order valence-corrected chi connectivity index (χ3v) is 4.49. The number of hydrogen-bond acceptors (Lipinski definition) is 3. The SMILES string of the molecule is CCn1cc(C2CCN(C(=O)Nc3cn(C)nc3C)CC2)cn1. The smallest absolute Gasteiger partial charge is 0.321 e. The van der Waals surface area contributed by atoms with Gasteiger partial charge in [-0.15, -0.1) is 0 Å². The van der Waals surface area contributed by atoms with Crippen molar-refractivity contribution in [3.05, 3.63) is 29.8 Å². The van der Waals surface area contributed by atoms with E-state index in [1.165, 1.54) is 5.56 Å². The molecule has 7 nitrogen and oxygen atoms in total. The molecule has 0 spiro atoms. The number of aryl methyl sites for hydroxylation is 3. The standard InChI is InChI=1S/C16H24N6O/c1-4-22-10-14(9-17-22)13-5-7-21(8-6-13)16(23)18-15-11-20(3)19-12(15)2/h9-11,13H,4-8H2,1-3H3,(H,18,23). The molecule has 0 bridgehead atoms. The lowest BCUT2D eigenvalue weighted by molar-refractivity contribution is 0.194. The second kappa shape index (κ2) is 6.44. The Bertz CT molecular complexity index is 681. The van der Waals surface area contributed by atoms with Gasteiger partial charge in [-0.2, -0.15) is 10.2 Å². The van der Waals surface area contributed by atoms with Crippen molar-refractivity contribution in [3.63, 3.8) is 0 Å². The first kappa shape index (κ1) is 15.6. The third kappa shape index (κ3) is 3.38. The molecule has 3 heterocycles. The fraction of sp³-hybridized carbons (Fsp3) is 0.562. The Hall–Kier alpha value is -2.31. The zero-order valence-corrected chi connectivity index (χ0v) is 14.0. The number of likely N-dealkylation sites (tertiary alicyclic amines) is 1. The molecule has 0 aliphatic carbocycles. The van der Waals surface area contributed by atoms with E-state index in [4.69, 9.17) is 0 Å². The van der Waals surface area contributed by atoms with Crippen LogP contribution in [0.4, 0.5) is 10.5 Å². The van der Waals surface area contributed by atoms with Crippen molar-refractivity contribution in [2.45, 2.75) is 39.2 Å². The number of urea groups is 1. The van der Waals surface area contributed by atoms with E-state index in [0.717, 1.165) is 43.9 Å². The van der Waals surface area contributed by atoms with Crippen molar-refractivity contribution in [2.75, 3.05) is 18.4 Å². The van der Waals surface area contributed by atoms with Crippen LogP contribution < -0.4 is 5.32 Å². The van der Waals surface area contributed by atoms with Gasteiger partial charge in [-0.25, -0.2) is 4.79 Å². The van der Waals surface area contributed by atoms with Crippen molar-refractivity contribution in [1.29, 1.82) is 0 Å². The molecule has 1 aliphatic heterocycles. The highest BCUT2D eigenvalue weighted by atomic mass is 16.2. The minimum atomic E-state index is -0.0381. The second-order valence-corrected chi connectivity index (χ2v) is 6.12. The molecule has 0 radical (unpaired) electrons. The summed E-state index contributed by atoms with van der Waals surface area (Å²) in [5.41, 5.74) is 2.90. The fourth-order valence-electron chi connectivity index (χ4n) is 3.10. The van der Waals surface area contributed by atoms with Crippen molar-refractivity contribution in [3.8, 4) is 0 Å². The summed E-state index contributed by atoms with van der Waals surface area (Å²) in [6, 6.07) is -0.0381. The lowest BCUT2D eigenvalue weighted by Crippen LogP contribution is -2.40.